The molecule has 0 spiro atoms. The van der Waals surface area contributed by atoms with E-state index in [9.17, 15) is 4.79 Å². The van der Waals surface area contributed by atoms with Crippen molar-refractivity contribution in [1.82, 2.24) is 10.3 Å². The number of thioether (sulfide) groups is 1. The van der Waals surface area contributed by atoms with Crippen LogP contribution in [0.2, 0.25) is 0 Å². The van der Waals surface area contributed by atoms with Crippen molar-refractivity contribution >= 4 is 39.4 Å². The van der Waals surface area contributed by atoms with Crippen LogP contribution in [0.25, 0.3) is 0 Å². The lowest BCUT2D eigenvalue weighted by Gasteiger charge is -2.10. The van der Waals surface area contributed by atoms with E-state index in [2.05, 4.69) is 37.8 Å². The molecule has 0 atom stereocenters. The molecule has 0 aliphatic heterocycles. The monoisotopic (exact) mass is 359 g/mol. The zero-order valence-electron chi connectivity index (χ0n) is 12.0. The highest BCUT2D eigenvalue weighted by Crippen LogP contribution is 2.17. The molecule has 0 saturated heterocycles. The van der Waals surface area contributed by atoms with Crippen molar-refractivity contribution in [3.05, 3.63) is 22.3 Å². The van der Waals surface area contributed by atoms with Gasteiger partial charge in [-0.3, -0.25) is 4.79 Å². The third-order valence-electron chi connectivity index (χ3n) is 2.75. The molecule has 6 heteroatoms. The van der Waals surface area contributed by atoms with Gasteiger partial charge in [-0.2, -0.15) is 11.8 Å². The minimum Gasteiger partial charge on any atom is -0.370 e. The van der Waals surface area contributed by atoms with E-state index in [-0.39, 0.29) is 5.91 Å². The molecule has 1 rings (SSSR count). The summed E-state index contributed by atoms with van der Waals surface area (Å²) in [6, 6.07) is 1.80. The molecular weight excluding hydrogens is 338 g/mol. The molecule has 0 aliphatic carbocycles. The topological polar surface area (TPSA) is 54.0 Å². The molecule has 20 heavy (non-hydrogen) atoms. The van der Waals surface area contributed by atoms with E-state index >= 15 is 0 Å². The Bertz CT molecular complexity index is 429. The lowest BCUT2D eigenvalue weighted by atomic mass is 10.2. The Balaban J connectivity index is 2.47. The van der Waals surface area contributed by atoms with Crippen LogP contribution in [0.15, 0.2) is 16.7 Å². The molecule has 0 saturated carbocycles. The second kappa shape index (κ2) is 10.0. The molecule has 112 valence electrons. The van der Waals surface area contributed by atoms with Crippen LogP contribution in [0.5, 0.6) is 0 Å². The standard InChI is InChI=1S/C14H22BrN3OS/c1-3-16-13-12(9-11(15)10-18-13)14(19)17-7-5-4-6-8-20-2/h9-10H,3-8H2,1-2H3,(H,16,18)(H,17,19). The Morgan fingerprint density at radius 3 is 2.90 bits per heavy atom. The molecule has 0 aromatic carbocycles. The maximum atomic E-state index is 12.2. The number of rotatable bonds is 9. The summed E-state index contributed by atoms with van der Waals surface area (Å²) in [5.41, 5.74) is 0.588. The van der Waals surface area contributed by atoms with E-state index < -0.39 is 0 Å². The highest BCUT2D eigenvalue weighted by atomic mass is 79.9. The maximum absolute atomic E-state index is 12.2. The average molecular weight is 360 g/mol. The van der Waals surface area contributed by atoms with Crippen molar-refractivity contribution in [3.8, 4) is 0 Å². The van der Waals surface area contributed by atoms with Gasteiger partial charge in [0.2, 0.25) is 0 Å². The Kier molecular flexibility index (Phi) is 8.69. The smallest absolute Gasteiger partial charge is 0.255 e. The molecule has 4 nitrogen and oxygen atoms in total. The number of carbonyl (C=O) groups excluding carboxylic acids is 1. The maximum Gasteiger partial charge on any atom is 0.255 e. The van der Waals surface area contributed by atoms with Gasteiger partial charge >= 0.3 is 0 Å². The average Bonchev–Trinajstić information content (AvgIpc) is 2.44. The van der Waals surface area contributed by atoms with E-state index in [1.165, 1.54) is 12.2 Å². The van der Waals surface area contributed by atoms with Crippen molar-refractivity contribution in [3.63, 3.8) is 0 Å². The van der Waals surface area contributed by atoms with E-state index in [4.69, 9.17) is 0 Å². The number of halogens is 1. The zero-order chi connectivity index (χ0) is 14.8. The fourth-order valence-corrected chi connectivity index (χ4v) is 2.59. The molecule has 2 N–H and O–H groups in total. The molecule has 1 aromatic heterocycles. The minimum atomic E-state index is -0.0698. The summed E-state index contributed by atoms with van der Waals surface area (Å²) in [5.74, 6) is 1.75. The largest absolute Gasteiger partial charge is 0.370 e. The Morgan fingerprint density at radius 2 is 2.20 bits per heavy atom. The second-order valence-corrected chi connectivity index (χ2v) is 6.29. The highest BCUT2D eigenvalue weighted by Gasteiger charge is 2.12. The summed E-state index contributed by atoms with van der Waals surface area (Å²) < 4.78 is 0.810. The van der Waals surface area contributed by atoms with Gasteiger partial charge in [0.25, 0.3) is 5.91 Å². The summed E-state index contributed by atoms with van der Waals surface area (Å²) >= 11 is 5.22. The van der Waals surface area contributed by atoms with Crippen LogP contribution in [0.4, 0.5) is 5.82 Å². The van der Waals surface area contributed by atoms with Gasteiger partial charge < -0.3 is 10.6 Å². The van der Waals surface area contributed by atoms with Gasteiger partial charge in [0.05, 0.1) is 5.56 Å². The number of anilines is 1. The summed E-state index contributed by atoms with van der Waals surface area (Å²) in [6.45, 7) is 3.44. The van der Waals surface area contributed by atoms with Crippen LogP contribution in [0.1, 0.15) is 36.5 Å². The lowest BCUT2D eigenvalue weighted by molar-refractivity contribution is 0.0953. The van der Waals surface area contributed by atoms with Gasteiger partial charge in [0.15, 0.2) is 0 Å². The van der Waals surface area contributed by atoms with Gasteiger partial charge in [-0.05, 0) is 53.8 Å². The number of nitrogens with zero attached hydrogens (tertiary/aromatic N) is 1. The van der Waals surface area contributed by atoms with Gasteiger partial charge in [-0.15, -0.1) is 0 Å². The predicted molar refractivity (Wildman–Crippen MR) is 90.7 cm³/mol. The van der Waals surface area contributed by atoms with Gasteiger partial charge in [0.1, 0.15) is 5.82 Å². The Labute approximate surface area is 133 Å². The molecule has 0 fully saturated rings. The first-order valence-corrected chi connectivity index (χ1v) is 9.04. The number of pyridine rings is 1. The molecule has 0 aliphatic rings. The number of hydrogen-bond acceptors (Lipinski definition) is 4. The number of amides is 1. The van der Waals surface area contributed by atoms with Crippen LogP contribution in [0, 0.1) is 0 Å². The molecule has 0 unspecified atom stereocenters. The van der Waals surface area contributed by atoms with Crippen LogP contribution in [-0.4, -0.2) is 36.0 Å². The summed E-state index contributed by atoms with van der Waals surface area (Å²) in [4.78, 5) is 16.4. The molecule has 0 radical (unpaired) electrons. The first kappa shape index (κ1) is 17.3. The number of hydrogen-bond donors (Lipinski definition) is 2. The van der Waals surface area contributed by atoms with Crippen molar-refractivity contribution in [2.45, 2.75) is 26.2 Å². The van der Waals surface area contributed by atoms with Gasteiger partial charge in [-0.1, -0.05) is 6.42 Å². The molecule has 1 amide bonds. The van der Waals surface area contributed by atoms with E-state index in [1.54, 1.807) is 12.3 Å². The van der Waals surface area contributed by atoms with Crippen LogP contribution in [0.3, 0.4) is 0 Å². The second-order valence-electron chi connectivity index (χ2n) is 4.39. The van der Waals surface area contributed by atoms with Crippen molar-refractivity contribution in [1.29, 1.82) is 0 Å². The van der Waals surface area contributed by atoms with E-state index in [1.807, 2.05) is 18.7 Å². The van der Waals surface area contributed by atoms with Crippen molar-refractivity contribution in [2.24, 2.45) is 0 Å². The highest BCUT2D eigenvalue weighted by molar-refractivity contribution is 9.10. The molecule has 1 aromatic rings. The lowest BCUT2D eigenvalue weighted by Crippen LogP contribution is -2.26. The first-order valence-electron chi connectivity index (χ1n) is 6.85. The summed E-state index contributed by atoms with van der Waals surface area (Å²) in [5, 5.41) is 6.06. The number of unbranched alkanes of at least 4 members (excludes halogenated alkanes) is 2. The normalized spacial score (nSPS) is 10.3. The SMILES string of the molecule is CCNc1ncc(Br)cc1C(=O)NCCCCCSC. The van der Waals surface area contributed by atoms with Crippen LogP contribution < -0.4 is 10.6 Å². The van der Waals surface area contributed by atoms with Crippen molar-refractivity contribution < 1.29 is 4.79 Å². The van der Waals surface area contributed by atoms with E-state index in [0.717, 1.165) is 23.9 Å². The zero-order valence-corrected chi connectivity index (χ0v) is 14.4. The predicted octanol–water partition coefficient (Wildman–Crippen LogP) is 3.54. The van der Waals surface area contributed by atoms with E-state index in [0.29, 0.717) is 17.9 Å². The van der Waals surface area contributed by atoms with Gasteiger partial charge in [0, 0.05) is 23.8 Å². The van der Waals surface area contributed by atoms with Crippen LogP contribution in [-0.2, 0) is 0 Å². The Hall–Kier alpha value is -0.750. The molecular formula is C14H22BrN3OS. The fourth-order valence-electron chi connectivity index (χ4n) is 1.77. The first-order chi connectivity index (χ1) is 9.69. The molecule has 1 heterocycles. The third kappa shape index (κ3) is 6.13. The Morgan fingerprint density at radius 1 is 1.40 bits per heavy atom. The molecule has 0 bridgehead atoms. The van der Waals surface area contributed by atoms with Crippen molar-refractivity contribution in [2.75, 3.05) is 30.4 Å². The number of nitrogens with one attached hydrogen (secondary N) is 2. The number of aromatic nitrogens is 1. The number of carbonyl (C=O) groups is 1. The van der Waals surface area contributed by atoms with Gasteiger partial charge in [-0.25, -0.2) is 4.98 Å². The van der Waals surface area contributed by atoms with Crippen LogP contribution >= 0.6 is 27.7 Å². The quantitative estimate of drug-likeness (QED) is 0.662. The summed E-state index contributed by atoms with van der Waals surface area (Å²) in [7, 11) is 0. The minimum absolute atomic E-state index is 0.0698. The third-order valence-corrected chi connectivity index (χ3v) is 3.88. The summed E-state index contributed by atoms with van der Waals surface area (Å²) in [6.07, 6.45) is 7.18. The fraction of sp³-hybridized carbons (Fsp3) is 0.571.